The highest BCUT2D eigenvalue weighted by Gasteiger charge is 2.10. The third kappa shape index (κ3) is 3.73. The molecule has 0 aliphatic heterocycles. The molecule has 0 heterocycles. The van der Waals surface area contributed by atoms with Gasteiger partial charge in [0.2, 0.25) is 0 Å². The highest BCUT2D eigenvalue weighted by molar-refractivity contribution is 4.66. The molecule has 0 amide bonds. The second kappa shape index (κ2) is 5.56. The zero-order valence-corrected chi connectivity index (χ0v) is 7.44. The van der Waals surface area contributed by atoms with Gasteiger partial charge in [0.25, 0.3) is 0 Å². The van der Waals surface area contributed by atoms with Crippen molar-refractivity contribution in [1.29, 1.82) is 0 Å². The fraction of sp³-hybridized carbons (Fsp3) is 1.00. The number of rotatable bonds is 3. The van der Waals surface area contributed by atoms with Crippen molar-refractivity contribution in [3.63, 3.8) is 0 Å². The van der Waals surface area contributed by atoms with Crippen LogP contribution in [0.25, 0.3) is 0 Å². The molecule has 11 heavy (non-hydrogen) atoms. The first-order valence-corrected chi connectivity index (χ1v) is 4.81. The van der Waals surface area contributed by atoms with Crippen LogP contribution in [-0.4, -0.2) is 12.6 Å². The molecule has 2 heteroatoms. The summed E-state index contributed by atoms with van der Waals surface area (Å²) in [4.78, 5) is 5.18. The van der Waals surface area contributed by atoms with Gasteiger partial charge in [-0.1, -0.05) is 25.7 Å². The van der Waals surface area contributed by atoms with Crippen LogP contribution in [0.1, 0.15) is 45.4 Å². The Morgan fingerprint density at radius 1 is 1.18 bits per heavy atom. The maximum absolute atomic E-state index is 5.18. The van der Waals surface area contributed by atoms with Crippen LogP contribution in [0, 0.1) is 0 Å². The van der Waals surface area contributed by atoms with Crippen LogP contribution in [0.2, 0.25) is 0 Å². The fourth-order valence-electron chi connectivity index (χ4n) is 1.60. The summed E-state index contributed by atoms with van der Waals surface area (Å²) in [5.41, 5.74) is 3.11. The molecule has 1 fully saturated rings. The van der Waals surface area contributed by atoms with E-state index in [2.05, 4.69) is 5.48 Å². The molecule has 0 spiro atoms. The summed E-state index contributed by atoms with van der Waals surface area (Å²) >= 11 is 0. The Kier molecular flexibility index (Phi) is 4.55. The van der Waals surface area contributed by atoms with E-state index in [1.165, 1.54) is 38.5 Å². The minimum atomic E-state index is 0.623. The summed E-state index contributed by atoms with van der Waals surface area (Å²) in [5.74, 6) is 0. The molecule has 0 aromatic rings. The number of hydroxylamine groups is 1. The van der Waals surface area contributed by atoms with E-state index in [9.17, 15) is 0 Å². The average Bonchev–Trinajstić information content (AvgIpc) is 2.28. The molecule has 1 aliphatic rings. The third-order valence-corrected chi connectivity index (χ3v) is 2.25. The minimum absolute atomic E-state index is 0.623. The van der Waals surface area contributed by atoms with Crippen LogP contribution in [0.4, 0.5) is 0 Å². The summed E-state index contributed by atoms with van der Waals surface area (Å²) in [6.45, 7) is 2.79. The van der Waals surface area contributed by atoms with Crippen molar-refractivity contribution in [2.45, 2.75) is 51.5 Å². The lowest BCUT2D eigenvalue weighted by Gasteiger charge is -2.14. The normalized spacial score (nSPS) is 21.5. The second-order valence-corrected chi connectivity index (χ2v) is 3.24. The maximum Gasteiger partial charge on any atom is 0.0654 e. The van der Waals surface area contributed by atoms with E-state index in [0.29, 0.717) is 6.04 Å². The second-order valence-electron chi connectivity index (χ2n) is 3.24. The Bertz CT molecular complexity index is 87.6. The summed E-state index contributed by atoms with van der Waals surface area (Å²) in [7, 11) is 0. The van der Waals surface area contributed by atoms with Crippen molar-refractivity contribution in [2.24, 2.45) is 0 Å². The minimum Gasteiger partial charge on any atom is -0.302 e. The highest BCUT2D eigenvalue weighted by atomic mass is 16.6. The first kappa shape index (κ1) is 9.01. The molecule has 0 saturated heterocycles. The Morgan fingerprint density at radius 3 is 2.36 bits per heavy atom. The van der Waals surface area contributed by atoms with Gasteiger partial charge in [-0.15, -0.1) is 0 Å². The lowest BCUT2D eigenvalue weighted by atomic mass is 10.1. The van der Waals surface area contributed by atoms with Crippen molar-refractivity contribution in [3.8, 4) is 0 Å². The van der Waals surface area contributed by atoms with Crippen LogP contribution in [0.5, 0.6) is 0 Å². The molecule has 0 aromatic heterocycles. The van der Waals surface area contributed by atoms with Crippen molar-refractivity contribution in [2.75, 3.05) is 6.61 Å². The van der Waals surface area contributed by atoms with Gasteiger partial charge in [-0.2, -0.15) is 5.48 Å². The van der Waals surface area contributed by atoms with Crippen LogP contribution in [-0.2, 0) is 4.84 Å². The number of hydrogen-bond acceptors (Lipinski definition) is 2. The van der Waals surface area contributed by atoms with Gasteiger partial charge in [-0.25, -0.2) is 0 Å². The quantitative estimate of drug-likeness (QED) is 0.501. The smallest absolute Gasteiger partial charge is 0.0654 e. The Balaban J connectivity index is 2.09. The molecule has 66 valence electrons. The molecule has 0 atom stereocenters. The van der Waals surface area contributed by atoms with Gasteiger partial charge in [0.15, 0.2) is 0 Å². The molecular formula is C9H19NO. The largest absolute Gasteiger partial charge is 0.302 e. The van der Waals surface area contributed by atoms with Gasteiger partial charge in [-0.3, -0.25) is 0 Å². The topological polar surface area (TPSA) is 21.3 Å². The van der Waals surface area contributed by atoms with E-state index in [0.717, 1.165) is 6.61 Å². The third-order valence-electron chi connectivity index (χ3n) is 2.25. The summed E-state index contributed by atoms with van der Waals surface area (Å²) in [5, 5.41) is 0. The Labute approximate surface area is 69.3 Å². The van der Waals surface area contributed by atoms with E-state index < -0.39 is 0 Å². The van der Waals surface area contributed by atoms with Gasteiger partial charge in [-0.05, 0) is 19.8 Å². The SMILES string of the molecule is CCONC1CCCCCC1. The molecule has 0 unspecified atom stereocenters. The average molecular weight is 157 g/mol. The highest BCUT2D eigenvalue weighted by Crippen LogP contribution is 2.16. The number of hydrogen-bond donors (Lipinski definition) is 1. The Hall–Kier alpha value is -0.0800. The molecule has 0 radical (unpaired) electrons. The number of nitrogens with one attached hydrogen (secondary N) is 1. The van der Waals surface area contributed by atoms with Crippen molar-refractivity contribution < 1.29 is 4.84 Å². The fourth-order valence-corrected chi connectivity index (χ4v) is 1.60. The van der Waals surface area contributed by atoms with E-state index in [1.54, 1.807) is 0 Å². The van der Waals surface area contributed by atoms with Crippen LogP contribution >= 0.6 is 0 Å². The monoisotopic (exact) mass is 157 g/mol. The first-order chi connectivity index (χ1) is 5.43. The lowest BCUT2D eigenvalue weighted by Crippen LogP contribution is -2.28. The van der Waals surface area contributed by atoms with Crippen LogP contribution in [0.15, 0.2) is 0 Å². The van der Waals surface area contributed by atoms with E-state index in [4.69, 9.17) is 4.84 Å². The predicted molar refractivity (Wildman–Crippen MR) is 46.3 cm³/mol. The summed E-state index contributed by atoms with van der Waals surface area (Å²) < 4.78 is 0. The molecule has 2 nitrogen and oxygen atoms in total. The lowest BCUT2D eigenvalue weighted by molar-refractivity contribution is 0.0208. The maximum atomic E-state index is 5.18. The van der Waals surface area contributed by atoms with Crippen LogP contribution in [0.3, 0.4) is 0 Å². The van der Waals surface area contributed by atoms with Gasteiger partial charge in [0.1, 0.15) is 0 Å². The zero-order valence-electron chi connectivity index (χ0n) is 7.44. The molecule has 0 aromatic carbocycles. The predicted octanol–water partition coefficient (Wildman–Crippen LogP) is 2.25. The summed E-state index contributed by atoms with van der Waals surface area (Å²) in [6.07, 6.45) is 8.13. The van der Waals surface area contributed by atoms with Crippen molar-refractivity contribution >= 4 is 0 Å². The first-order valence-electron chi connectivity index (χ1n) is 4.81. The standard InChI is InChI=1S/C9H19NO/c1-2-11-10-9-7-5-3-4-6-8-9/h9-10H,2-8H2,1H3. The molecular weight excluding hydrogens is 138 g/mol. The van der Waals surface area contributed by atoms with Gasteiger partial charge >= 0.3 is 0 Å². The van der Waals surface area contributed by atoms with E-state index >= 15 is 0 Å². The summed E-state index contributed by atoms with van der Waals surface area (Å²) in [6, 6.07) is 0.623. The van der Waals surface area contributed by atoms with Crippen molar-refractivity contribution in [1.82, 2.24) is 5.48 Å². The Morgan fingerprint density at radius 2 is 1.82 bits per heavy atom. The van der Waals surface area contributed by atoms with Gasteiger partial charge in [0.05, 0.1) is 6.61 Å². The molecule has 1 aliphatic carbocycles. The molecule has 1 N–H and O–H groups in total. The molecule has 0 bridgehead atoms. The molecule has 1 saturated carbocycles. The van der Waals surface area contributed by atoms with Crippen LogP contribution < -0.4 is 5.48 Å². The van der Waals surface area contributed by atoms with Crippen molar-refractivity contribution in [3.05, 3.63) is 0 Å². The zero-order chi connectivity index (χ0) is 7.94. The van der Waals surface area contributed by atoms with Gasteiger partial charge in [0, 0.05) is 6.04 Å². The molecule has 1 rings (SSSR count). The van der Waals surface area contributed by atoms with E-state index in [-0.39, 0.29) is 0 Å². The van der Waals surface area contributed by atoms with Gasteiger partial charge < -0.3 is 4.84 Å². The van der Waals surface area contributed by atoms with E-state index in [1.807, 2.05) is 6.92 Å².